The molecule has 1 saturated carbocycles. The van der Waals surface area contributed by atoms with Crippen molar-refractivity contribution in [3.05, 3.63) is 34.1 Å². The van der Waals surface area contributed by atoms with Gasteiger partial charge in [-0.3, -0.25) is 15.1 Å². The highest BCUT2D eigenvalue weighted by atomic mass is 16.6. The van der Waals surface area contributed by atoms with Gasteiger partial charge in [0, 0.05) is 18.2 Å². The van der Waals surface area contributed by atoms with Gasteiger partial charge in [-0.05, 0) is 24.8 Å². The Morgan fingerprint density at radius 1 is 1.60 bits per heavy atom. The van der Waals surface area contributed by atoms with Crippen molar-refractivity contribution in [1.82, 2.24) is 4.98 Å². The minimum absolute atomic E-state index is 0.0142. The van der Waals surface area contributed by atoms with Crippen LogP contribution in [0.1, 0.15) is 18.5 Å². The summed E-state index contributed by atoms with van der Waals surface area (Å²) in [6.07, 6.45) is 3.53. The first-order chi connectivity index (χ1) is 7.16. The molecule has 1 aromatic heterocycles. The number of pyridine rings is 1. The highest BCUT2D eigenvalue weighted by Crippen LogP contribution is 2.33. The summed E-state index contributed by atoms with van der Waals surface area (Å²) in [4.78, 5) is 13.8. The van der Waals surface area contributed by atoms with E-state index < -0.39 is 4.92 Å². The number of nitro groups is 1. The summed E-state index contributed by atoms with van der Waals surface area (Å²) in [5.74, 6) is 0.405. The third kappa shape index (κ3) is 2.50. The van der Waals surface area contributed by atoms with E-state index in [0.29, 0.717) is 18.0 Å². The molecule has 0 spiro atoms. The van der Waals surface area contributed by atoms with Crippen LogP contribution in [0, 0.1) is 16.0 Å². The Hall–Kier alpha value is -1.49. The number of aromatic nitrogens is 1. The summed E-state index contributed by atoms with van der Waals surface area (Å²) < 4.78 is 0. The van der Waals surface area contributed by atoms with Gasteiger partial charge in [-0.25, -0.2) is 0 Å². The second kappa shape index (κ2) is 3.94. The van der Waals surface area contributed by atoms with E-state index in [1.54, 1.807) is 6.07 Å². The zero-order valence-electron chi connectivity index (χ0n) is 8.17. The van der Waals surface area contributed by atoms with Crippen molar-refractivity contribution < 1.29 is 10.0 Å². The molecule has 0 saturated heterocycles. The van der Waals surface area contributed by atoms with Crippen LogP contribution in [0.4, 0.5) is 5.69 Å². The standard InChI is InChI=1S/C10H12N2O3/c13-10(7-1-2-7)5-8-3-4-9(6-11-8)12(14)15/h3-4,6-7,10,13H,1-2,5H2. The second-order valence-electron chi connectivity index (χ2n) is 3.87. The number of aliphatic hydroxyl groups is 1. The molecule has 0 amide bonds. The number of rotatable bonds is 4. The zero-order valence-corrected chi connectivity index (χ0v) is 8.17. The van der Waals surface area contributed by atoms with E-state index in [9.17, 15) is 15.2 Å². The van der Waals surface area contributed by atoms with Crippen LogP contribution < -0.4 is 0 Å². The maximum absolute atomic E-state index is 10.4. The molecule has 5 nitrogen and oxygen atoms in total. The lowest BCUT2D eigenvalue weighted by Crippen LogP contribution is -2.13. The lowest BCUT2D eigenvalue weighted by molar-refractivity contribution is -0.385. The van der Waals surface area contributed by atoms with Gasteiger partial charge in [-0.15, -0.1) is 0 Å². The SMILES string of the molecule is O=[N+]([O-])c1ccc(CC(O)C2CC2)nc1. The Kier molecular flexibility index (Phi) is 2.64. The minimum atomic E-state index is -0.478. The Morgan fingerprint density at radius 2 is 2.33 bits per heavy atom. The van der Waals surface area contributed by atoms with E-state index in [0.717, 1.165) is 12.8 Å². The summed E-state index contributed by atoms with van der Waals surface area (Å²) in [6, 6.07) is 3.02. The second-order valence-corrected chi connectivity index (χ2v) is 3.87. The topological polar surface area (TPSA) is 76.3 Å². The Labute approximate surface area is 86.9 Å². The zero-order chi connectivity index (χ0) is 10.8. The van der Waals surface area contributed by atoms with E-state index >= 15 is 0 Å². The van der Waals surface area contributed by atoms with E-state index in [4.69, 9.17) is 0 Å². The van der Waals surface area contributed by atoms with E-state index in [2.05, 4.69) is 4.98 Å². The van der Waals surface area contributed by atoms with E-state index in [-0.39, 0.29) is 11.8 Å². The number of hydrogen-bond acceptors (Lipinski definition) is 4. The van der Waals surface area contributed by atoms with Gasteiger partial charge in [0.05, 0.1) is 11.0 Å². The van der Waals surface area contributed by atoms with Crippen LogP contribution in [-0.2, 0) is 6.42 Å². The monoisotopic (exact) mass is 208 g/mol. The van der Waals surface area contributed by atoms with Gasteiger partial charge in [0.2, 0.25) is 0 Å². The normalized spacial score (nSPS) is 17.4. The Bertz CT molecular complexity index is 359. The third-order valence-corrected chi connectivity index (χ3v) is 2.60. The van der Waals surface area contributed by atoms with Crippen LogP contribution in [0.5, 0.6) is 0 Å². The molecular formula is C10H12N2O3. The van der Waals surface area contributed by atoms with Crippen molar-refractivity contribution in [2.45, 2.75) is 25.4 Å². The summed E-state index contributed by atoms with van der Waals surface area (Å²) in [7, 11) is 0. The maximum Gasteiger partial charge on any atom is 0.287 e. The first-order valence-corrected chi connectivity index (χ1v) is 4.94. The molecule has 1 N–H and O–H groups in total. The fraction of sp³-hybridized carbons (Fsp3) is 0.500. The lowest BCUT2D eigenvalue weighted by Gasteiger charge is -2.07. The molecule has 1 aliphatic rings. The molecular weight excluding hydrogens is 196 g/mol. The molecule has 0 bridgehead atoms. The average molecular weight is 208 g/mol. The van der Waals surface area contributed by atoms with Gasteiger partial charge in [-0.1, -0.05) is 0 Å². The summed E-state index contributed by atoms with van der Waals surface area (Å²) >= 11 is 0. The lowest BCUT2D eigenvalue weighted by atomic mass is 10.1. The molecule has 15 heavy (non-hydrogen) atoms. The van der Waals surface area contributed by atoms with Crippen molar-refractivity contribution >= 4 is 5.69 Å². The highest BCUT2D eigenvalue weighted by Gasteiger charge is 2.29. The van der Waals surface area contributed by atoms with Gasteiger partial charge < -0.3 is 5.11 Å². The molecule has 2 rings (SSSR count). The minimum Gasteiger partial charge on any atom is -0.392 e. The van der Waals surface area contributed by atoms with Crippen molar-refractivity contribution in [1.29, 1.82) is 0 Å². The van der Waals surface area contributed by atoms with Crippen molar-refractivity contribution in [2.75, 3.05) is 0 Å². The van der Waals surface area contributed by atoms with Gasteiger partial charge >= 0.3 is 0 Å². The molecule has 5 heteroatoms. The van der Waals surface area contributed by atoms with Crippen molar-refractivity contribution in [3.63, 3.8) is 0 Å². The van der Waals surface area contributed by atoms with Crippen LogP contribution >= 0.6 is 0 Å². The number of hydrogen-bond donors (Lipinski definition) is 1. The molecule has 1 aromatic rings. The first kappa shape index (κ1) is 10.0. The smallest absolute Gasteiger partial charge is 0.287 e. The molecule has 0 aromatic carbocycles. The van der Waals surface area contributed by atoms with Crippen LogP contribution in [-0.4, -0.2) is 21.1 Å². The van der Waals surface area contributed by atoms with Crippen molar-refractivity contribution in [2.24, 2.45) is 5.92 Å². The maximum atomic E-state index is 10.4. The largest absolute Gasteiger partial charge is 0.392 e. The summed E-state index contributed by atoms with van der Waals surface area (Å²) in [6.45, 7) is 0. The summed E-state index contributed by atoms with van der Waals surface area (Å²) in [5, 5.41) is 20.0. The van der Waals surface area contributed by atoms with Crippen LogP contribution in [0.25, 0.3) is 0 Å². The van der Waals surface area contributed by atoms with Gasteiger partial charge in [0.1, 0.15) is 6.20 Å². The summed E-state index contributed by atoms with van der Waals surface area (Å²) in [5.41, 5.74) is 0.694. The van der Waals surface area contributed by atoms with Crippen molar-refractivity contribution in [3.8, 4) is 0 Å². The molecule has 0 radical (unpaired) electrons. The average Bonchev–Trinajstić information content (AvgIpc) is 3.01. The van der Waals surface area contributed by atoms with E-state index in [1.165, 1.54) is 12.3 Å². The molecule has 1 unspecified atom stereocenters. The van der Waals surface area contributed by atoms with E-state index in [1.807, 2.05) is 0 Å². The Balaban J connectivity index is 1.99. The van der Waals surface area contributed by atoms with Crippen LogP contribution in [0.15, 0.2) is 18.3 Å². The predicted molar refractivity (Wildman–Crippen MR) is 53.3 cm³/mol. The molecule has 1 atom stereocenters. The van der Waals surface area contributed by atoms with Crippen LogP contribution in [0.2, 0.25) is 0 Å². The number of nitrogens with zero attached hydrogens (tertiary/aromatic N) is 2. The van der Waals surface area contributed by atoms with Crippen LogP contribution in [0.3, 0.4) is 0 Å². The number of aliphatic hydroxyl groups excluding tert-OH is 1. The van der Waals surface area contributed by atoms with Gasteiger partial charge in [0.15, 0.2) is 0 Å². The molecule has 80 valence electrons. The predicted octanol–water partition coefficient (Wildman–Crippen LogP) is 1.30. The molecule has 1 aliphatic carbocycles. The molecule has 1 fully saturated rings. The molecule has 1 heterocycles. The first-order valence-electron chi connectivity index (χ1n) is 4.94. The van der Waals surface area contributed by atoms with Gasteiger partial charge in [-0.2, -0.15) is 0 Å². The third-order valence-electron chi connectivity index (χ3n) is 2.60. The highest BCUT2D eigenvalue weighted by molar-refractivity contribution is 5.26. The Morgan fingerprint density at radius 3 is 2.80 bits per heavy atom. The fourth-order valence-electron chi connectivity index (χ4n) is 1.51. The van der Waals surface area contributed by atoms with Gasteiger partial charge in [0.25, 0.3) is 5.69 Å². The molecule has 0 aliphatic heterocycles. The quantitative estimate of drug-likeness (QED) is 0.597. The fourth-order valence-corrected chi connectivity index (χ4v) is 1.51.